The van der Waals surface area contributed by atoms with E-state index in [9.17, 15) is 10.1 Å². The lowest BCUT2D eigenvalue weighted by Crippen LogP contribution is -2.09. The van der Waals surface area contributed by atoms with Gasteiger partial charge in [0.2, 0.25) is 0 Å². The standard InChI is InChI=1S/C9H10N2O3.C2H6/c10-7-4-6-2-1-3-14-9(6)5-8(7)11(12)13;1-2/h4-5H,1-3,10H2;1-2H3. The number of hydrogen-bond acceptors (Lipinski definition) is 4. The smallest absolute Gasteiger partial charge is 0.295 e. The molecule has 5 heteroatoms. The maximum Gasteiger partial charge on any atom is 0.295 e. The van der Waals surface area contributed by atoms with Gasteiger partial charge >= 0.3 is 0 Å². The molecule has 2 N–H and O–H groups in total. The van der Waals surface area contributed by atoms with E-state index >= 15 is 0 Å². The molecular formula is C11H16N2O3. The molecule has 0 aliphatic carbocycles. The van der Waals surface area contributed by atoms with E-state index in [2.05, 4.69) is 0 Å². The third kappa shape index (κ3) is 2.42. The molecule has 5 nitrogen and oxygen atoms in total. The summed E-state index contributed by atoms with van der Waals surface area (Å²) in [5.74, 6) is 0.595. The molecule has 0 saturated heterocycles. The van der Waals surface area contributed by atoms with Gasteiger partial charge in [-0.15, -0.1) is 0 Å². The highest BCUT2D eigenvalue weighted by molar-refractivity contribution is 5.63. The summed E-state index contributed by atoms with van der Waals surface area (Å²) in [6, 6.07) is 3.04. The number of aryl methyl sites for hydroxylation is 1. The lowest BCUT2D eigenvalue weighted by atomic mass is 10.0. The van der Waals surface area contributed by atoms with Gasteiger partial charge in [-0.3, -0.25) is 10.1 Å². The predicted molar refractivity (Wildman–Crippen MR) is 62.7 cm³/mol. The summed E-state index contributed by atoms with van der Waals surface area (Å²) in [4.78, 5) is 10.1. The maximum atomic E-state index is 10.6. The minimum Gasteiger partial charge on any atom is -0.493 e. The van der Waals surface area contributed by atoms with E-state index in [1.165, 1.54) is 6.07 Å². The molecule has 0 fully saturated rings. The van der Waals surface area contributed by atoms with Crippen LogP contribution in [0.1, 0.15) is 25.8 Å². The average Bonchev–Trinajstić information content (AvgIpc) is 2.30. The van der Waals surface area contributed by atoms with Crippen molar-refractivity contribution < 1.29 is 9.66 Å². The number of rotatable bonds is 1. The second-order valence-corrected chi connectivity index (χ2v) is 3.23. The Balaban J connectivity index is 0.000000606. The second kappa shape index (κ2) is 5.34. The fourth-order valence-corrected chi connectivity index (χ4v) is 1.57. The maximum absolute atomic E-state index is 10.6. The molecule has 1 aliphatic rings. The molecule has 1 aromatic rings. The molecule has 1 aliphatic heterocycles. The molecule has 0 aromatic heterocycles. The van der Waals surface area contributed by atoms with Gasteiger partial charge in [-0.25, -0.2) is 0 Å². The third-order valence-electron chi connectivity index (χ3n) is 2.25. The minimum atomic E-state index is -0.492. The third-order valence-corrected chi connectivity index (χ3v) is 2.25. The Morgan fingerprint density at radius 3 is 2.75 bits per heavy atom. The van der Waals surface area contributed by atoms with Crippen LogP contribution >= 0.6 is 0 Å². The first-order valence-corrected chi connectivity index (χ1v) is 5.38. The van der Waals surface area contributed by atoms with Crippen molar-refractivity contribution >= 4 is 11.4 Å². The number of nitrogens with zero attached hydrogens (tertiary/aromatic N) is 1. The van der Waals surface area contributed by atoms with Gasteiger partial charge in [-0.1, -0.05) is 13.8 Å². The lowest BCUT2D eigenvalue weighted by molar-refractivity contribution is -0.384. The summed E-state index contributed by atoms with van der Waals surface area (Å²) >= 11 is 0. The van der Waals surface area contributed by atoms with E-state index in [1.807, 2.05) is 13.8 Å². The van der Waals surface area contributed by atoms with Crippen LogP contribution in [0.25, 0.3) is 0 Å². The van der Waals surface area contributed by atoms with Gasteiger partial charge in [0.05, 0.1) is 17.6 Å². The van der Waals surface area contributed by atoms with Crippen LogP contribution in [0.3, 0.4) is 0 Å². The van der Waals surface area contributed by atoms with Crippen molar-refractivity contribution in [3.63, 3.8) is 0 Å². The summed E-state index contributed by atoms with van der Waals surface area (Å²) in [6.45, 7) is 4.62. The molecule has 88 valence electrons. The molecule has 1 aromatic carbocycles. The van der Waals surface area contributed by atoms with E-state index in [0.717, 1.165) is 18.4 Å². The molecule has 0 spiro atoms. The van der Waals surface area contributed by atoms with Gasteiger partial charge < -0.3 is 10.5 Å². The second-order valence-electron chi connectivity index (χ2n) is 3.23. The van der Waals surface area contributed by atoms with Crippen LogP contribution in [0.15, 0.2) is 12.1 Å². The average molecular weight is 224 g/mol. The molecule has 0 amide bonds. The largest absolute Gasteiger partial charge is 0.493 e. The molecule has 0 bridgehead atoms. The monoisotopic (exact) mass is 224 g/mol. The van der Waals surface area contributed by atoms with Gasteiger partial charge in [-0.2, -0.15) is 0 Å². The first-order valence-electron chi connectivity index (χ1n) is 5.38. The van der Waals surface area contributed by atoms with Crippen molar-refractivity contribution in [2.75, 3.05) is 12.3 Å². The van der Waals surface area contributed by atoms with Gasteiger partial charge in [0.25, 0.3) is 5.69 Å². The zero-order valence-electron chi connectivity index (χ0n) is 9.53. The zero-order valence-corrected chi connectivity index (χ0v) is 9.53. The van der Waals surface area contributed by atoms with Crippen LogP contribution in [-0.4, -0.2) is 11.5 Å². The molecule has 0 radical (unpaired) electrons. The first-order chi connectivity index (χ1) is 7.68. The Morgan fingerprint density at radius 1 is 1.44 bits per heavy atom. The number of benzene rings is 1. The number of nitro benzene ring substituents is 1. The quantitative estimate of drug-likeness (QED) is 0.451. The summed E-state index contributed by atoms with van der Waals surface area (Å²) in [7, 11) is 0. The van der Waals surface area contributed by atoms with Crippen LogP contribution in [0.5, 0.6) is 5.75 Å². The van der Waals surface area contributed by atoms with E-state index in [4.69, 9.17) is 10.5 Å². The van der Waals surface area contributed by atoms with Crippen molar-refractivity contribution in [3.05, 3.63) is 27.8 Å². The SMILES string of the molecule is CC.Nc1cc2c(cc1[N+](=O)[O-])OCCC2. The van der Waals surface area contributed by atoms with Crippen LogP contribution in [-0.2, 0) is 6.42 Å². The van der Waals surface area contributed by atoms with Crippen molar-refractivity contribution in [3.8, 4) is 5.75 Å². The van der Waals surface area contributed by atoms with Crippen LogP contribution < -0.4 is 10.5 Å². The first kappa shape index (κ1) is 12.3. The lowest BCUT2D eigenvalue weighted by Gasteiger charge is -2.17. The topological polar surface area (TPSA) is 78.4 Å². The Hall–Kier alpha value is -1.78. The zero-order chi connectivity index (χ0) is 12.1. The summed E-state index contributed by atoms with van der Waals surface area (Å²) in [6.07, 6.45) is 1.81. The molecule has 0 saturated carbocycles. The Morgan fingerprint density at radius 2 is 2.12 bits per heavy atom. The van der Waals surface area contributed by atoms with Gasteiger partial charge in [0, 0.05) is 0 Å². The molecule has 0 unspecified atom stereocenters. The summed E-state index contributed by atoms with van der Waals surface area (Å²) < 4.78 is 5.31. The number of nitrogen functional groups attached to an aromatic ring is 1. The van der Waals surface area contributed by atoms with E-state index < -0.39 is 4.92 Å². The number of hydrogen-bond donors (Lipinski definition) is 1. The van der Waals surface area contributed by atoms with Crippen LogP contribution in [0, 0.1) is 10.1 Å². The Bertz CT molecular complexity index is 391. The van der Waals surface area contributed by atoms with Crippen LogP contribution in [0.2, 0.25) is 0 Å². The fourth-order valence-electron chi connectivity index (χ4n) is 1.57. The van der Waals surface area contributed by atoms with Crippen molar-refractivity contribution in [2.24, 2.45) is 0 Å². The summed E-state index contributed by atoms with van der Waals surface area (Å²) in [5.41, 5.74) is 6.64. The highest BCUT2D eigenvalue weighted by atomic mass is 16.6. The van der Waals surface area contributed by atoms with Crippen LogP contribution in [0.4, 0.5) is 11.4 Å². The van der Waals surface area contributed by atoms with Crippen molar-refractivity contribution in [1.82, 2.24) is 0 Å². The molecular weight excluding hydrogens is 208 g/mol. The normalized spacial score (nSPS) is 12.9. The number of fused-ring (bicyclic) bond motifs is 1. The number of nitrogens with two attached hydrogens (primary N) is 1. The van der Waals surface area contributed by atoms with Gasteiger partial charge in [-0.05, 0) is 24.5 Å². The number of nitro groups is 1. The van der Waals surface area contributed by atoms with E-state index in [-0.39, 0.29) is 11.4 Å². The molecule has 16 heavy (non-hydrogen) atoms. The molecule has 0 atom stereocenters. The van der Waals surface area contributed by atoms with E-state index in [0.29, 0.717) is 12.4 Å². The fraction of sp³-hybridized carbons (Fsp3) is 0.455. The highest BCUT2D eigenvalue weighted by Crippen LogP contribution is 2.33. The summed E-state index contributed by atoms with van der Waals surface area (Å²) in [5, 5.41) is 10.6. The van der Waals surface area contributed by atoms with E-state index in [1.54, 1.807) is 6.07 Å². The van der Waals surface area contributed by atoms with Crippen molar-refractivity contribution in [2.45, 2.75) is 26.7 Å². The van der Waals surface area contributed by atoms with Gasteiger partial charge in [0.15, 0.2) is 0 Å². The number of anilines is 1. The molecule has 1 heterocycles. The highest BCUT2D eigenvalue weighted by Gasteiger charge is 2.18. The Labute approximate surface area is 94.4 Å². The molecule has 2 rings (SSSR count). The predicted octanol–water partition coefficient (Wildman–Crippen LogP) is 2.53. The Kier molecular flexibility index (Phi) is 4.10. The number of ether oxygens (including phenoxy) is 1. The van der Waals surface area contributed by atoms with Gasteiger partial charge in [0.1, 0.15) is 11.4 Å². The minimum absolute atomic E-state index is 0.0781. The van der Waals surface area contributed by atoms with Crippen molar-refractivity contribution in [1.29, 1.82) is 0 Å².